The van der Waals surface area contributed by atoms with Gasteiger partial charge >= 0.3 is 0 Å². The maximum Gasteiger partial charge on any atom is 0.0591 e. The summed E-state index contributed by atoms with van der Waals surface area (Å²) in [5.74, 6) is 0.613. The highest BCUT2D eigenvalue weighted by atomic mass is 16.5. The second kappa shape index (κ2) is 7.36. The smallest absolute Gasteiger partial charge is 0.0591 e. The Balaban J connectivity index is 2.10. The van der Waals surface area contributed by atoms with Gasteiger partial charge in [-0.1, -0.05) is 13.8 Å². The van der Waals surface area contributed by atoms with Gasteiger partial charge in [-0.05, 0) is 30.0 Å². The Morgan fingerprint density at radius 2 is 2.25 bits per heavy atom. The van der Waals surface area contributed by atoms with E-state index in [0.717, 1.165) is 26.3 Å². The van der Waals surface area contributed by atoms with Crippen molar-refractivity contribution in [1.29, 1.82) is 0 Å². The molecule has 90 valence electrons. The molecule has 0 aliphatic rings. The van der Waals surface area contributed by atoms with Crippen molar-refractivity contribution < 1.29 is 4.74 Å². The van der Waals surface area contributed by atoms with Crippen molar-refractivity contribution >= 4 is 0 Å². The minimum absolute atomic E-state index is 0.613. The summed E-state index contributed by atoms with van der Waals surface area (Å²) in [4.78, 5) is 4.07. The number of nitrogens with zero attached hydrogens (tertiary/aromatic N) is 1. The van der Waals surface area contributed by atoms with Crippen LogP contribution in [0.2, 0.25) is 0 Å². The van der Waals surface area contributed by atoms with Crippen LogP contribution in [0.4, 0.5) is 0 Å². The summed E-state index contributed by atoms with van der Waals surface area (Å²) in [6.07, 6.45) is 3.73. The van der Waals surface area contributed by atoms with Crippen molar-refractivity contribution in [3.63, 3.8) is 0 Å². The van der Waals surface area contributed by atoms with Gasteiger partial charge in [-0.25, -0.2) is 0 Å². The molecule has 0 spiro atoms. The van der Waals surface area contributed by atoms with Gasteiger partial charge in [0.25, 0.3) is 0 Å². The molecular weight excluding hydrogens is 200 g/mol. The predicted molar refractivity (Wildman–Crippen MR) is 66.3 cm³/mol. The molecule has 1 rings (SSSR count). The van der Waals surface area contributed by atoms with E-state index in [-0.39, 0.29) is 0 Å². The fraction of sp³-hybridized carbons (Fsp3) is 0.615. The van der Waals surface area contributed by atoms with E-state index < -0.39 is 0 Å². The van der Waals surface area contributed by atoms with Crippen LogP contribution in [-0.2, 0) is 11.3 Å². The summed E-state index contributed by atoms with van der Waals surface area (Å²) in [5.41, 5.74) is 2.54. The Morgan fingerprint density at radius 1 is 1.44 bits per heavy atom. The van der Waals surface area contributed by atoms with Crippen molar-refractivity contribution in [3.05, 3.63) is 29.6 Å². The number of ether oxygens (including phenoxy) is 1. The number of hydrogen-bond acceptors (Lipinski definition) is 3. The van der Waals surface area contributed by atoms with Gasteiger partial charge in [0, 0.05) is 32.1 Å². The number of hydrogen-bond donors (Lipinski definition) is 1. The van der Waals surface area contributed by atoms with Crippen molar-refractivity contribution in [2.24, 2.45) is 5.92 Å². The SMILES string of the molecule is Cc1cnccc1CNCCOCC(C)C. The molecule has 0 aromatic carbocycles. The first-order valence-electron chi connectivity index (χ1n) is 5.88. The van der Waals surface area contributed by atoms with Gasteiger partial charge in [0.2, 0.25) is 0 Å². The lowest BCUT2D eigenvalue weighted by atomic mass is 10.1. The van der Waals surface area contributed by atoms with Crippen molar-refractivity contribution in [2.45, 2.75) is 27.3 Å². The van der Waals surface area contributed by atoms with Crippen LogP contribution >= 0.6 is 0 Å². The summed E-state index contributed by atoms with van der Waals surface area (Å²) in [6, 6.07) is 2.05. The zero-order chi connectivity index (χ0) is 11.8. The largest absolute Gasteiger partial charge is 0.380 e. The molecule has 1 aromatic heterocycles. The first kappa shape index (κ1) is 13.1. The summed E-state index contributed by atoms with van der Waals surface area (Å²) >= 11 is 0. The third-order valence-corrected chi connectivity index (χ3v) is 2.33. The first-order valence-corrected chi connectivity index (χ1v) is 5.88. The highest BCUT2D eigenvalue weighted by molar-refractivity contribution is 5.20. The van der Waals surface area contributed by atoms with E-state index in [4.69, 9.17) is 4.74 Å². The molecule has 0 fully saturated rings. The van der Waals surface area contributed by atoms with Gasteiger partial charge in [0.05, 0.1) is 6.61 Å². The Labute approximate surface area is 98.2 Å². The highest BCUT2D eigenvalue weighted by Crippen LogP contribution is 2.03. The fourth-order valence-corrected chi connectivity index (χ4v) is 1.39. The number of nitrogens with one attached hydrogen (secondary N) is 1. The van der Waals surface area contributed by atoms with Gasteiger partial charge in [0.1, 0.15) is 0 Å². The Morgan fingerprint density at radius 3 is 2.94 bits per heavy atom. The lowest BCUT2D eigenvalue weighted by Gasteiger charge is -2.09. The number of aryl methyl sites for hydroxylation is 1. The molecule has 16 heavy (non-hydrogen) atoms. The topological polar surface area (TPSA) is 34.2 Å². The predicted octanol–water partition coefficient (Wildman–Crippen LogP) is 2.15. The standard InChI is InChI=1S/C13H22N2O/c1-11(2)10-16-7-6-15-9-13-4-5-14-8-12(13)3/h4-5,8,11,15H,6-7,9-10H2,1-3H3. The van der Waals surface area contributed by atoms with Crippen LogP contribution in [0.1, 0.15) is 25.0 Å². The molecule has 1 aromatic rings. The Kier molecular flexibility index (Phi) is 6.04. The summed E-state index contributed by atoms with van der Waals surface area (Å²) in [6.45, 7) is 9.81. The van der Waals surface area contributed by atoms with E-state index in [9.17, 15) is 0 Å². The molecule has 3 heteroatoms. The van der Waals surface area contributed by atoms with Crippen molar-refractivity contribution in [3.8, 4) is 0 Å². The monoisotopic (exact) mass is 222 g/mol. The van der Waals surface area contributed by atoms with Crippen LogP contribution in [0.25, 0.3) is 0 Å². The molecule has 1 heterocycles. The first-order chi connectivity index (χ1) is 7.70. The van der Waals surface area contributed by atoms with E-state index >= 15 is 0 Å². The fourth-order valence-electron chi connectivity index (χ4n) is 1.39. The van der Waals surface area contributed by atoms with Crippen LogP contribution in [0.3, 0.4) is 0 Å². The van der Waals surface area contributed by atoms with Gasteiger partial charge in [-0.3, -0.25) is 4.98 Å². The van der Waals surface area contributed by atoms with Crippen LogP contribution < -0.4 is 5.32 Å². The summed E-state index contributed by atoms with van der Waals surface area (Å²) < 4.78 is 5.49. The summed E-state index contributed by atoms with van der Waals surface area (Å²) in [5, 5.41) is 3.36. The van der Waals surface area contributed by atoms with Crippen LogP contribution in [0.5, 0.6) is 0 Å². The molecular formula is C13H22N2O. The highest BCUT2D eigenvalue weighted by Gasteiger charge is 1.97. The molecule has 3 nitrogen and oxygen atoms in total. The van der Waals surface area contributed by atoms with Crippen LogP contribution in [-0.4, -0.2) is 24.7 Å². The zero-order valence-corrected chi connectivity index (χ0v) is 10.5. The maximum absolute atomic E-state index is 5.49. The molecule has 0 amide bonds. The molecule has 0 radical (unpaired) electrons. The van der Waals surface area contributed by atoms with Gasteiger partial charge in [-0.2, -0.15) is 0 Å². The van der Waals surface area contributed by atoms with Crippen LogP contribution in [0, 0.1) is 12.8 Å². The molecule has 0 saturated carbocycles. The van der Waals surface area contributed by atoms with Crippen LogP contribution in [0.15, 0.2) is 18.5 Å². The molecule has 0 aliphatic carbocycles. The van der Waals surface area contributed by atoms with E-state index in [2.05, 4.69) is 37.1 Å². The van der Waals surface area contributed by atoms with Gasteiger partial charge in [0.15, 0.2) is 0 Å². The quantitative estimate of drug-likeness (QED) is 0.718. The van der Waals surface area contributed by atoms with E-state index in [1.54, 1.807) is 0 Å². The van der Waals surface area contributed by atoms with Crippen molar-refractivity contribution in [2.75, 3.05) is 19.8 Å². The van der Waals surface area contributed by atoms with Crippen molar-refractivity contribution in [1.82, 2.24) is 10.3 Å². The molecule has 0 unspecified atom stereocenters. The average molecular weight is 222 g/mol. The minimum atomic E-state index is 0.613. The number of rotatable bonds is 7. The van der Waals surface area contributed by atoms with E-state index in [1.807, 2.05) is 12.4 Å². The van der Waals surface area contributed by atoms with E-state index in [1.165, 1.54) is 11.1 Å². The van der Waals surface area contributed by atoms with E-state index in [0.29, 0.717) is 5.92 Å². The normalized spacial score (nSPS) is 11.0. The van der Waals surface area contributed by atoms with Gasteiger partial charge in [-0.15, -0.1) is 0 Å². The zero-order valence-electron chi connectivity index (χ0n) is 10.5. The lowest BCUT2D eigenvalue weighted by Crippen LogP contribution is -2.20. The van der Waals surface area contributed by atoms with Gasteiger partial charge < -0.3 is 10.1 Å². The minimum Gasteiger partial charge on any atom is -0.380 e. The summed E-state index contributed by atoms with van der Waals surface area (Å²) in [7, 11) is 0. The Hall–Kier alpha value is -0.930. The maximum atomic E-state index is 5.49. The molecule has 0 saturated heterocycles. The lowest BCUT2D eigenvalue weighted by molar-refractivity contribution is 0.111. The molecule has 0 atom stereocenters. The number of pyridine rings is 1. The molecule has 0 aliphatic heterocycles. The third-order valence-electron chi connectivity index (χ3n) is 2.33. The average Bonchev–Trinajstić information content (AvgIpc) is 2.25. The second-order valence-corrected chi connectivity index (χ2v) is 4.45. The second-order valence-electron chi connectivity index (χ2n) is 4.45. The third kappa shape index (κ3) is 5.24. The molecule has 1 N–H and O–H groups in total. The Bertz CT molecular complexity index is 300. The molecule has 0 bridgehead atoms. The number of aromatic nitrogens is 1.